The summed E-state index contributed by atoms with van der Waals surface area (Å²) in [5.41, 5.74) is 2.71. The number of para-hydroxylation sites is 1. The minimum Gasteiger partial charge on any atom is -0.342 e. The zero-order chi connectivity index (χ0) is 17.4. The van der Waals surface area contributed by atoms with Gasteiger partial charge >= 0.3 is 0 Å². The van der Waals surface area contributed by atoms with E-state index >= 15 is 0 Å². The third kappa shape index (κ3) is 2.87. The van der Waals surface area contributed by atoms with Crippen LogP contribution in [0.4, 0.5) is 5.69 Å². The van der Waals surface area contributed by atoms with Crippen LogP contribution in [0.15, 0.2) is 53.6 Å². The number of imidazole rings is 1. The van der Waals surface area contributed by atoms with Crippen LogP contribution in [-0.4, -0.2) is 25.4 Å². The first kappa shape index (κ1) is 15.1. The van der Waals surface area contributed by atoms with Crippen molar-refractivity contribution in [3.05, 3.63) is 65.0 Å². The van der Waals surface area contributed by atoms with E-state index in [1.165, 1.54) is 10.9 Å². The summed E-state index contributed by atoms with van der Waals surface area (Å²) in [5.74, 6) is 0.516. The molecule has 7 heteroatoms. The van der Waals surface area contributed by atoms with Gasteiger partial charge in [0.1, 0.15) is 12.4 Å². The molecule has 0 atom stereocenters. The molecule has 4 rings (SSSR count). The van der Waals surface area contributed by atoms with Gasteiger partial charge in [-0.3, -0.25) is 14.2 Å². The maximum absolute atomic E-state index is 12.4. The molecule has 7 nitrogen and oxygen atoms in total. The van der Waals surface area contributed by atoms with Crippen molar-refractivity contribution >= 4 is 33.5 Å². The highest BCUT2D eigenvalue weighted by Gasteiger charge is 2.09. The predicted octanol–water partition coefficient (Wildman–Crippen LogP) is 2.22. The number of nitrogens with one attached hydrogen (secondary N) is 2. The molecule has 2 N–H and O–H groups in total. The predicted molar refractivity (Wildman–Crippen MR) is 95.5 cm³/mol. The molecule has 0 fully saturated rings. The third-order valence-electron chi connectivity index (χ3n) is 3.93. The fourth-order valence-electron chi connectivity index (χ4n) is 2.79. The van der Waals surface area contributed by atoms with Gasteiger partial charge in [0, 0.05) is 5.69 Å². The summed E-state index contributed by atoms with van der Waals surface area (Å²) < 4.78 is 1.30. The first-order chi connectivity index (χ1) is 12.1. The summed E-state index contributed by atoms with van der Waals surface area (Å²) >= 11 is 0. The van der Waals surface area contributed by atoms with Crippen LogP contribution >= 0.6 is 0 Å². The van der Waals surface area contributed by atoms with Crippen LogP contribution in [0.5, 0.6) is 0 Å². The Morgan fingerprint density at radius 2 is 2.04 bits per heavy atom. The average Bonchev–Trinajstić information content (AvgIpc) is 2.97. The fourth-order valence-corrected chi connectivity index (χ4v) is 2.79. The average molecular weight is 333 g/mol. The Morgan fingerprint density at radius 1 is 1.20 bits per heavy atom. The molecule has 0 radical (unpaired) electrons. The van der Waals surface area contributed by atoms with Crippen LogP contribution in [-0.2, 0) is 11.3 Å². The number of hydrogen-bond donors (Lipinski definition) is 2. The minimum absolute atomic E-state index is 0.100. The maximum atomic E-state index is 12.4. The lowest BCUT2D eigenvalue weighted by Gasteiger charge is -2.08. The van der Waals surface area contributed by atoms with Gasteiger partial charge in [-0.25, -0.2) is 9.97 Å². The monoisotopic (exact) mass is 333 g/mol. The number of anilines is 1. The molecule has 2 heterocycles. The molecule has 1 amide bonds. The van der Waals surface area contributed by atoms with Crippen LogP contribution < -0.4 is 10.9 Å². The minimum atomic E-state index is -0.297. The molecule has 0 aliphatic rings. The number of aryl methyl sites for hydroxylation is 1. The highest BCUT2D eigenvalue weighted by molar-refractivity contribution is 5.93. The van der Waals surface area contributed by atoms with Gasteiger partial charge in [0.05, 0.1) is 28.3 Å². The largest absolute Gasteiger partial charge is 0.342 e. The van der Waals surface area contributed by atoms with Crippen LogP contribution in [0.2, 0.25) is 0 Å². The van der Waals surface area contributed by atoms with Crippen molar-refractivity contribution in [2.45, 2.75) is 13.5 Å². The zero-order valence-corrected chi connectivity index (χ0v) is 13.5. The lowest BCUT2D eigenvalue weighted by atomic mass is 10.2. The van der Waals surface area contributed by atoms with E-state index < -0.39 is 0 Å². The van der Waals surface area contributed by atoms with Gasteiger partial charge in [0.25, 0.3) is 5.56 Å². The second-order valence-electron chi connectivity index (χ2n) is 5.80. The number of hydrogen-bond acceptors (Lipinski definition) is 4. The maximum Gasteiger partial charge on any atom is 0.261 e. The Hall–Kier alpha value is -3.48. The van der Waals surface area contributed by atoms with Crippen LogP contribution in [0.1, 0.15) is 5.82 Å². The number of fused-ring (bicyclic) bond motifs is 2. The number of benzene rings is 2. The molecule has 0 saturated carbocycles. The van der Waals surface area contributed by atoms with E-state index in [-0.39, 0.29) is 18.0 Å². The van der Waals surface area contributed by atoms with Gasteiger partial charge in [-0.1, -0.05) is 12.1 Å². The number of aromatic amines is 1. The van der Waals surface area contributed by atoms with Gasteiger partial charge in [0.15, 0.2) is 0 Å². The summed E-state index contributed by atoms with van der Waals surface area (Å²) in [6, 6.07) is 12.5. The normalized spacial score (nSPS) is 11.1. The summed E-state index contributed by atoms with van der Waals surface area (Å²) in [5, 5.41) is 3.29. The van der Waals surface area contributed by atoms with Crippen molar-refractivity contribution in [2.75, 3.05) is 5.32 Å². The third-order valence-corrected chi connectivity index (χ3v) is 3.93. The van der Waals surface area contributed by atoms with E-state index in [1.54, 1.807) is 24.3 Å². The summed E-state index contributed by atoms with van der Waals surface area (Å²) in [6.07, 6.45) is 1.39. The smallest absolute Gasteiger partial charge is 0.261 e. The topological polar surface area (TPSA) is 92.7 Å². The molecular formula is C18H15N5O2. The quantitative estimate of drug-likeness (QED) is 0.601. The number of H-pyrrole nitrogens is 1. The van der Waals surface area contributed by atoms with Gasteiger partial charge in [-0.2, -0.15) is 0 Å². The molecular weight excluding hydrogens is 318 g/mol. The summed E-state index contributed by atoms with van der Waals surface area (Å²) in [4.78, 5) is 36.4. The first-order valence-corrected chi connectivity index (χ1v) is 7.80. The number of rotatable bonds is 3. The van der Waals surface area contributed by atoms with Crippen LogP contribution in [0.25, 0.3) is 21.9 Å². The molecule has 124 valence electrons. The highest BCUT2D eigenvalue weighted by atomic mass is 16.2. The molecule has 4 aromatic rings. The van der Waals surface area contributed by atoms with Gasteiger partial charge in [-0.05, 0) is 37.3 Å². The number of amides is 1. The Balaban J connectivity index is 1.57. The number of nitrogens with zero attached hydrogens (tertiary/aromatic N) is 3. The number of carbonyl (C=O) groups is 1. The Morgan fingerprint density at radius 3 is 2.92 bits per heavy atom. The van der Waals surface area contributed by atoms with E-state index in [0.717, 1.165) is 16.9 Å². The van der Waals surface area contributed by atoms with Gasteiger partial charge in [0.2, 0.25) is 5.91 Å². The molecule has 2 aromatic heterocycles. The molecule has 0 bridgehead atoms. The zero-order valence-electron chi connectivity index (χ0n) is 13.5. The molecule has 0 aliphatic carbocycles. The second-order valence-corrected chi connectivity index (χ2v) is 5.80. The van der Waals surface area contributed by atoms with Crippen molar-refractivity contribution in [3.63, 3.8) is 0 Å². The van der Waals surface area contributed by atoms with E-state index in [4.69, 9.17) is 0 Å². The van der Waals surface area contributed by atoms with Crippen molar-refractivity contribution in [2.24, 2.45) is 0 Å². The molecule has 0 saturated heterocycles. The van der Waals surface area contributed by atoms with E-state index in [0.29, 0.717) is 16.6 Å². The van der Waals surface area contributed by atoms with Gasteiger partial charge in [-0.15, -0.1) is 0 Å². The lowest BCUT2D eigenvalue weighted by Crippen LogP contribution is -2.27. The van der Waals surface area contributed by atoms with Crippen molar-refractivity contribution in [1.82, 2.24) is 19.5 Å². The lowest BCUT2D eigenvalue weighted by molar-refractivity contribution is -0.116. The van der Waals surface area contributed by atoms with E-state index in [1.807, 2.05) is 25.1 Å². The molecule has 25 heavy (non-hydrogen) atoms. The molecule has 0 spiro atoms. The van der Waals surface area contributed by atoms with Crippen molar-refractivity contribution < 1.29 is 4.79 Å². The number of aromatic nitrogens is 4. The molecule has 0 unspecified atom stereocenters. The van der Waals surface area contributed by atoms with E-state index in [2.05, 4.69) is 20.3 Å². The summed E-state index contributed by atoms with van der Waals surface area (Å²) in [7, 11) is 0. The van der Waals surface area contributed by atoms with Crippen molar-refractivity contribution in [1.29, 1.82) is 0 Å². The summed E-state index contributed by atoms with van der Waals surface area (Å²) in [6.45, 7) is 1.77. The SMILES string of the molecule is Cc1nc2ccc(NC(=O)Cn3cnc4ccccc4c3=O)cc2[nH]1. The Labute approximate surface area is 142 Å². The van der Waals surface area contributed by atoms with Crippen LogP contribution in [0, 0.1) is 6.92 Å². The first-order valence-electron chi connectivity index (χ1n) is 7.80. The van der Waals surface area contributed by atoms with Crippen LogP contribution in [0.3, 0.4) is 0 Å². The second kappa shape index (κ2) is 5.86. The Bertz CT molecular complexity index is 1160. The number of carbonyl (C=O) groups excluding carboxylic acids is 1. The van der Waals surface area contributed by atoms with E-state index in [9.17, 15) is 9.59 Å². The Kier molecular flexibility index (Phi) is 3.53. The molecule has 2 aromatic carbocycles. The molecule has 0 aliphatic heterocycles. The van der Waals surface area contributed by atoms with Gasteiger partial charge < -0.3 is 10.3 Å². The fraction of sp³-hybridized carbons (Fsp3) is 0.111. The van der Waals surface area contributed by atoms with Crippen molar-refractivity contribution in [3.8, 4) is 0 Å². The highest BCUT2D eigenvalue weighted by Crippen LogP contribution is 2.17. The standard InChI is InChI=1S/C18H15N5O2/c1-11-20-15-7-6-12(8-16(15)21-11)22-17(24)9-23-10-19-14-5-3-2-4-13(14)18(23)25/h2-8,10H,9H2,1H3,(H,20,21)(H,22,24).